The van der Waals surface area contributed by atoms with Gasteiger partial charge in [-0.3, -0.25) is 0 Å². The molecule has 0 saturated heterocycles. The highest BCUT2D eigenvalue weighted by atomic mass is 14.3. The summed E-state index contributed by atoms with van der Waals surface area (Å²) in [6.07, 6.45) is 4.52. The second kappa shape index (κ2) is 9.57. The molecule has 0 spiro atoms. The summed E-state index contributed by atoms with van der Waals surface area (Å²) in [5, 5.41) is 5.35. The number of rotatable bonds is 3. The molecule has 7 rings (SSSR count). The van der Waals surface area contributed by atoms with E-state index in [9.17, 15) is 0 Å². The predicted octanol–water partition coefficient (Wildman–Crippen LogP) is 12.1. The van der Waals surface area contributed by atoms with Crippen molar-refractivity contribution < 1.29 is 0 Å². The average Bonchev–Trinajstić information content (AvgIpc) is 3.32. The molecule has 1 aliphatic rings. The van der Waals surface area contributed by atoms with Crippen LogP contribution in [0.5, 0.6) is 0 Å². The van der Waals surface area contributed by atoms with Crippen LogP contribution in [0.15, 0.2) is 109 Å². The second-order valence-corrected chi connectivity index (χ2v) is 13.9. The lowest BCUT2D eigenvalue weighted by Gasteiger charge is -2.25. The van der Waals surface area contributed by atoms with Crippen LogP contribution in [0.4, 0.5) is 0 Å². The lowest BCUT2D eigenvalue weighted by molar-refractivity contribution is 0.568. The normalized spacial score (nSPS) is 12.9. The van der Waals surface area contributed by atoms with Gasteiger partial charge in [0, 0.05) is 0 Å². The summed E-state index contributed by atoms with van der Waals surface area (Å²) in [5.74, 6) is 0. The standard InChI is InChI=1S/C42H38/c1-41(2,3)30-24-28(25-31(26-30)42(4,5)6)19-18-27-20-22-29(23-21-27)38-35-14-9-10-15-36(35)39-33-13-8-7-12-32(33)34-16-11-17-37(38)40(34)39/h7-26H,1-6H3/b19-18+. The predicted molar refractivity (Wildman–Crippen MR) is 184 cm³/mol. The summed E-state index contributed by atoms with van der Waals surface area (Å²) in [5.41, 5.74) is 13.4. The highest BCUT2D eigenvalue weighted by Crippen LogP contribution is 2.53. The van der Waals surface area contributed by atoms with Crippen molar-refractivity contribution in [2.45, 2.75) is 52.4 Å². The molecule has 206 valence electrons. The van der Waals surface area contributed by atoms with Crippen molar-refractivity contribution >= 4 is 33.7 Å². The van der Waals surface area contributed by atoms with Crippen LogP contribution in [0.25, 0.3) is 67.1 Å². The van der Waals surface area contributed by atoms with Gasteiger partial charge in [-0.15, -0.1) is 0 Å². The molecule has 0 nitrogen and oxygen atoms in total. The van der Waals surface area contributed by atoms with Gasteiger partial charge in [0.15, 0.2) is 0 Å². The average molecular weight is 543 g/mol. The molecule has 6 aromatic rings. The summed E-state index contributed by atoms with van der Waals surface area (Å²) in [6, 6.07) is 40.8. The summed E-state index contributed by atoms with van der Waals surface area (Å²) < 4.78 is 0. The molecular weight excluding hydrogens is 504 g/mol. The van der Waals surface area contributed by atoms with E-state index in [0.29, 0.717) is 0 Å². The van der Waals surface area contributed by atoms with Gasteiger partial charge in [0.25, 0.3) is 0 Å². The maximum Gasteiger partial charge on any atom is -0.00137 e. The van der Waals surface area contributed by atoms with E-state index in [1.807, 2.05) is 0 Å². The zero-order valence-electron chi connectivity index (χ0n) is 25.5. The van der Waals surface area contributed by atoms with Crippen LogP contribution in [0.3, 0.4) is 0 Å². The molecule has 0 bridgehead atoms. The van der Waals surface area contributed by atoms with Crippen LogP contribution in [-0.4, -0.2) is 0 Å². The molecule has 1 aliphatic carbocycles. The van der Waals surface area contributed by atoms with Gasteiger partial charge in [0.2, 0.25) is 0 Å². The van der Waals surface area contributed by atoms with Crippen molar-refractivity contribution in [2.75, 3.05) is 0 Å². The molecule has 0 radical (unpaired) electrons. The van der Waals surface area contributed by atoms with Crippen LogP contribution in [-0.2, 0) is 10.8 Å². The van der Waals surface area contributed by atoms with E-state index < -0.39 is 0 Å². The zero-order valence-corrected chi connectivity index (χ0v) is 25.5. The fourth-order valence-corrected chi connectivity index (χ4v) is 6.55. The van der Waals surface area contributed by atoms with Crippen molar-refractivity contribution in [2.24, 2.45) is 0 Å². The smallest absolute Gasteiger partial charge is 0.00137 e. The highest BCUT2D eigenvalue weighted by Gasteiger charge is 2.26. The first-order valence-electron chi connectivity index (χ1n) is 15.1. The Morgan fingerprint density at radius 1 is 0.429 bits per heavy atom. The van der Waals surface area contributed by atoms with Crippen molar-refractivity contribution in [3.05, 3.63) is 131 Å². The Bertz CT molecular complexity index is 1990. The van der Waals surface area contributed by atoms with E-state index in [-0.39, 0.29) is 10.8 Å². The van der Waals surface area contributed by atoms with Gasteiger partial charge in [-0.1, -0.05) is 163 Å². The first kappa shape index (κ1) is 26.5. The molecular formula is C42H38. The SMILES string of the molecule is CC(C)(C)c1cc(/C=C/c2ccc(-c3c4ccccc4c4c5c(cccc35)-c3ccccc3-4)cc2)cc(C(C)(C)C)c1. The third-order valence-electron chi connectivity index (χ3n) is 8.89. The maximum absolute atomic E-state index is 2.38. The maximum atomic E-state index is 2.38. The Balaban J connectivity index is 1.32. The molecule has 0 fully saturated rings. The van der Waals surface area contributed by atoms with Gasteiger partial charge < -0.3 is 0 Å². The third kappa shape index (κ3) is 4.38. The van der Waals surface area contributed by atoms with E-state index >= 15 is 0 Å². The van der Waals surface area contributed by atoms with Crippen molar-refractivity contribution in [3.8, 4) is 33.4 Å². The minimum absolute atomic E-state index is 0.106. The van der Waals surface area contributed by atoms with Gasteiger partial charge in [0.1, 0.15) is 0 Å². The van der Waals surface area contributed by atoms with Crippen LogP contribution in [0.2, 0.25) is 0 Å². The lowest BCUT2D eigenvalue weighted by atomic mass is 9.79. The van der Waals surface area contributed by atoms with Crippen molar-refractivity contribution in [1.29, 1.82) is 0 Å². The molecule has 0 heterocycles. The molecule has 0 aliphatic heterocycles. The van der Waals surface area contributed by atoms with Gasteiger partial charge >= 0.3 is 0 Å². The second-order valence-electron chi connectivity index (χ2n) is 13.9. The van der Waals surface area contributed by atoms with E-state index in [4.69, 9.17) is 0 Å². The molecule has 6 aromatic carbocycles. The molecule has 0 amide bonds. The minimum atomic E-state index is 0.106. The van der Waals surface area contributed by atoms with Crippen LogP contribution >= 0.6 is 0 Å². The van der Waals surface area contributed by atoms with Crippen LogP contribution < -0.4 is 0 Å². The summed E-state index contributed by atoms with van der Waals surface area (Å²) >= 11 is 0. The lowest BCUT2D eigenvalue weighted by Crippen LogP contribution is -2.16. The molecule has 0 N–H and O–H groups in total. The minimum Gasteiger partial charge on any atom is -0.0616 e. The highest BCUT2D eigenvalue weighted by molar-refractivity contribution is 6.29. The Labute approximate surface area is 250 Å². The number of hydrogen-bond donors (Lipinski definition) is 0. The van der Waals surface area contributed by atoms with Crippen molar-refractivity contribution in [3.63, 3.8) is 0 Å². The van der Waals surface area contributed by atoms with E-state index in [1.165, 1.54) is 77.2 Å². The topological polar surface area (TPSA) is 0 Å². The monoisotopic (exact) mass is 542 g/mol. The molecule has 0 unspecified atom stereocenters. The molecule has 42 heavy (non-hydrogen) atoms. The number of fused-ring (bicyclic) bond motifs is 5. The van der Waals surface area contributed by atoms with E-state index in [2.05, 4.69) is 163 Å². The molecule has 0 heteroatoms. The molecule has 0 aromatic heterocycles. The van der Waals surface area contributed by atoms with Gasteiger partial charge in [-0.25, -0.2) is 0 Å². The summed E-state index contributed by atoms with van der Waals surface area (Å²) in [4.78, 5) is 0. The Kier molecular flexibility index (Phi) is 6.03. The van der Waals surface area contributed by atoms with Crippen LogP contribution in [0, 0.1) is 0 Å². The largest absolute Gasteiger partial charge is 0.0616 e. The van der Waals surface area contributed by atoms with Gasteiger partial charge in [-0.2, -0.15) is 0 Å². The zero-order chi connectivity index (χ0) is 29.2. The number of benzene rings is 6. The Morgan fingerprint density at radius 2 is 0.952 bits per heavy atom. The third-order valence-corrected chi connectivity index (χ3v) is 8.89. The fourth-order valence-electron chi connectivity index (χ4n) is 6.55. The van der Waals surface area contributed by atoms with Crippen LogP contribution in [0.1, 0.15) is 63.8 Å². The summed E-state index contributed by atoms with van der Waals surface area (Å²) in [6.45, 7) is 13.8. The molecule has 0 saturated carbocycles. The number of hydrogen-bond acceptors (Lipinski definition) is 0. The fraction of sp³-hybridized carbons (Fsp3) is 0.190. The quantitative estimate of drug-likeness (QED) is 0.154. The van der Waals surface area contributed by atoms with Crippen molar-refractivity contribution in [1.82, 2.24) is 0 Å². The van der Waals surface area contributed by atoms with E-state index in [0.717, 1.165) is 0 Å². The molecule has 0 atom stereocenters. The van der Waals surface area contributed by atoms with Gasteiger partial charge in [-0.05, 0) is 88.0 Å². The first-order chi connectivity index (χ1) is 20.1. The van der Waals surface area contributed by atoms with Gasteiger partial charge in [0.05, 0.1) is 0 Å². The Morgan fingerprint density at radius 3 is 1.60 bits per heavy atom. The van der Waals surface area contributed by atoms with E-state index in [1.54, 1.807) is 0 Å². The summed E-state index contributed by atoms with van der Waals surface area (Å²) in [7, 11) is 0. The first-order valence-corrected chi connectivity index (χ1v) is 15.1. The Hall–Kier alpha value is -4.42.